The molecule has 272 valence electrons. The van der Waals surface area contributed by atoms with E-state index < -0.39 is 0 Å². The maximum Gasteiger partial charge on any atom is 0.0560 e. The fraction of sp³-hybridized carbons (Fsp3) is 0.148. The zero-order chi connectivity index (χ0) is 38.0. The molecule has 10 rings (SSSR count). The van der Waals surface area contributed by atoms with Crippen LogP contribution in [0.25, 0.3) is 61.3 Å². The zero-order valence-electron chi connectivity index (χ0n) is 32.5. The number of allylic oxidation sites excluding steroid dienone is 9. The number of benzene rings is 6. The molecule has 1 heterocycles. The summed E-state index contributed by atoms with van der Waals surface area (Å²) in [4.78, 5) is 2.50. The molecule has 6 aromatic carbocycles. The third-order valence-corrected chi connectivity index (χ3v) is 12.4. The minimum absolute atomic E-state index is 0.183. The predicted molar refractivity (Wildman–Crippen MR) is 241 cm³/mol. The van der Waals surface area contributed by atoms with Crippen molar-refractivity contribution in [1.29, 1.82) is 0 Å². The Morgan fingerprint density at radius 3 is 2.18 bits per heavy atom. The van der Waals surface area contributed by atoms with E-state index in [1.165, 1.54) is 82.1 Å². The van der Waals surface area contributed by atoms with Crippen LogP contribution in [0.5, 0.6) is 0 Å². The highest BCUT2D eigenvalue weighted by molar-refractivity contribution is 6.12. The predicted octanol–water partition coefficient (Wildman–Crippen LogP) is 13.3. The second-order valence-electron chi connectivity index (χ2n) is 15.9. The van der Waals surface area contributed by atoms with Gasteiger partial charge in [0.1, 0.15) is 0 Å². The van der Waals surface area contributed by atoms with Gasteiger partial charge in [-0.25, -0.2) is 0 Å². The van der Waals surface area contributed by atoms with Crippen LogP contribution >= 0.6 is 0 Å². The summed E-state index contributed by atoms with van der Waals surface area (Å²) in [6.45, 7) is 11.1. The van der Waals surface area contributed by atoms with Crippen LogP contribution in [-0.2, 0) is 5.41 Å². The molecule has 0 aliphatic heterocycles. The molecular weight excluding hydrogens is 677 g/mol. The van der Waals surface area contributed by atoms with Crippen molar-refractivity contribution in [2.75, 3.05) is 4.90 Å². The van der Waals surface area contributed by atoms with Gasteiger partial charge in [0.2, 0.25) is 0 Å². The number of anilines is 3. The third kappa shape index (κ3) is 5.23. The molecule has 56 heavy (non-hydrogen) atoms. The van der Waals surface area contributed by atoms with Crippen molar-refractivity contribution < 1.29 is 0 Å². The molecule has 3 aliphatic carbocycles. The van der Waals surface area contributed by atoms with E-state index >= 15 is 0 Å². The number of hydrogen-bond acceptors (Lipinski definition) is 1. The Hall–Kier alpha value is -6.38. The molecule has 3 aliphatic rings. The summed E-state index contributed by atoms with van der Waals surface area (Å²) in [5.74, 6) is 0. The lowest BCUT2D eigenvalue weighted by atomic mass is 9.81. The molecule has 0 amide bonds. The Bertz CT molecular complexity index is 2940. The van der Waals surface area contributed by atoms with E-state index in [0.717, 1.165) is 30.6 Å². The number of hydrogen-bond donors (Lipinski definition) is 0. The molecule has 0 spiro atoms. The van der Waals surface area contributed by atoms with Gasteiger partial charge in [-0.3, -0.25) is 0 Å². The minimum Gasteiger partial charge on any atom is -0.333 e. The summed E-state index contributed by atoms with van der Waals surface area (Å²) < 4.78 is 2.59. The summed E-state index contributed by atoms with van der Waals surface area (Å²) in [5, 5.41) is 9.10. The lowest BCUT2D eigenvalue weighted by molar-refractivity contribution is 0.612. The van der Waals surface area contributed by atoms with E-state index in [9.17, 15) is 0 Å². The Morgan fingerprint density at radius 2 is 1.46 bits per heavy atom. The molecule has 7 aromatic rings. The van der Waals surface area contributed by atoms with Crippen LogP contribution in [0.15, 0.2) is 170 Å². The van der Waals surface area contributed by atoms with Crippen LogP contribution in [0.3, 0.4) is 0 Å². The van der Waals surface area contributed by atoms with Crippen molar-refractivity contribution >= 4 is 67.2 Å². The van der Waals surface area contributed by atoms with E-state index in [1.54, 1.807) is 0 Å². The fourth-order valence-corrected chi connectivity index (χ4v) is 9.85. The first-order chi connectivity index (χ1) is 27.5. The van der Waals surface area contributed by atoms with Crippen LogP contribution in [0.2, 0.25) is 0 Å². The lowest BCUT2D eigenvalue weighted by Crippen LogP contribution is -2.32. The molecule has 0 bridgehead atoms. The maximum absolute atomic E-state index is 4.32. The van der Waals surface area contributed by atoms with Crippen molar-refractivity contribution in [3.8, 4) is 11.1 Å². The van der Waals surface area contributed by atoms with Gasteiger partial charge in [0.05, 0.1) is 17.2 Å². The molecule has 2 heteroatoms. The minimum atomic E-state index is -0.183. The van der Waals surface area contributed by atoms with Gasteiger partial charge < -0.3 is 9.47 Å². The van der Waals surface area contributed by atoms with Crippen molar-refractivity contribution in [1.82, 2.24) is 4.57 Å². The van der Waals surface area contributed by atoms with Gasteiger partial charge in [-0.15, -0.1) is 0 Å². The summed E-state index contributed by atoms with van der Waals surface area (Å²) >= 11 is 0. The van der Waals surface area contributed by atoms with Crippen LogP contribution < -0.4 is 15.5 Å². The van der Waals surface area contributed by atoms with Gasteiger partial charge >= 0.3 is 0 Å². The molecule has 1 atom stereocenters. The van der Waals surface area contributed by atoms with Gasteiger partial charge in [0.25, 0.3) is 0 Å². The normalized spacial score (nSPS) is 17.0. The number of nitrogens with zero attached hydrogens (tertiary/aromatic N) is 2. The van der Waals surface area contributed by atoms with Crippen LogP contribution in [0, 0.1) is 0 Å². The molecule has 2 nitrogen and oxygen atoms in total. The molecular formula is C54H46N2. The largest absolute Gasteiger partial charge is 0.333 e. The Kier molecular flexibility index (Phi) is 8.18. The molecule has 0 N–H and O–H groups in total. The molecule has 0 fully saturated rings. The van der Waals surface area contributed by atoms with Crippen LogP contribution in [0.4, 0.5) is 17.1 Å². The summed E-state index contributed by atoms with van der Waals surface area (Å²) in [6, 6.07) is 43.4. The smallest absolute Gasteiger partial charge is 0.0560 e. The molecule has 0 saturated carbocycles. The van der Waals surface area contributed by atoms with Gasteiger partial charge in [0.15, 0.2) is 0 Å². The highest BCUT2D eigenvalue weighted by Crippen LogP contribution is 2.53. The van der Waals surface area contributed by atoms with E-state index in [4.69, 9.17) is 0 Å². The molecule has 1 unspecified atom stereocenters. The average Bonchev–Trinajstić information content (AvgIpc) is 3.68. The van der Waals surface area contributed by atoms with Gasteiger partial charge in [-0.2, -0.15) is 0 Å². The van der Waals surface area contributed by atoms with E-state index in [1.807, 2.05) is 0 Å². The summed E-state index contributed by atoms with van der Waals surface area (Å²) in [7, 11) is 0. The first kappa shape index (κ1) is 34.1. The number of aromatic nitrogens is 1. The van der Waals surface area contributed by atoms with Crippen molar-refractivity contribution in [2.24, 2.45) is 0 Å². The molecule has 1 aromatic heterocycles. The second kappa shape index (κ2) is 13.4. The summed E-state index contributed by atoms with van der Waals surface area (Å²) in [5.41, 5.74) is 12.1. The monoisotopic (exact) mass is 722 g/mol. The first-order valence-corrected chi connectivity index (χ1v) is 20.1. The molecule has 0 radical (unpaired) electrons. The Labute approximate surface area is 329 Å². The quantitative estimate of drug-likeness (QED) is 0.149. The second-order valence-corrected chi connectivity index (χ2v) is 15.9. The average molecular weight is 723 g/mol. The zero-order valence-corrected chi connectivity index (χ0v) is 32.5. The van der Waals surface area contributed by atoms with Crippen molar-refractivity contribution in [3.05, 3.63) is 192 Å². The highest BCUT2D eigenvalue weighted by Gasteiger charge is 2.38. The third-order valence-electron chi connectivity index (χ3n) is 12.4. The van der Waals surface area contributed by atoms with E-state index in [2.05, 4.69) is 207 Å². The number of fused-ring (bicyclic) bond motifs is 6. The SMILES string of the molecule is C=CC1=C(/C=C\C)c2c(N(c3ccc(-c4c5ccccc5cc5ccccc45)cc3)c3ccc4c5c(n(C6C=CC=CC6)c4c3)=CCCC=5)cccc2C1(C)C. The van der Waals surface area contributed by atoms with Crippen LogP contribution in [0.1, 0.15) is 57.2 Å². The summed E-state index contributed by atoms with van der Waals surface area (Å²) in [6.07, 6.45) is 23.6. The highest BCUT2D eigenvalue weighted by atomic mass is 15.1. The Balaban J connectivity index is 1.23. The van der Waals surface area contributed by atoms with Crippen molar-refractivity contribution in [2.45, 2.75) is 51.5 Å². The van der Waals surface area contributed by atoms with Gasteiger partial charge in [-0.05, 0) is 112 Å². The standard InChI is InChI=1S/C54H46N2/c1-5-17-46-47(6-2)54(3,4)48-25-16-27-50(53(46)48)55(41-32-33-45-44-24-14-15-26-49(44)56(51(45)35-41)39-20-8-7-9-21-39)40-30-28-36(29-31-40)52-42-22-12-10-18-37(42)34-38-19-11-13-23-43(38)52/h5-13,16-20,22-35,39H,2,14-15,21H2,1,3-4H3/b17-5-. The first-order valence-electron chi connectivity index (χ1n) is 20.1. The van der Waals surface area contributed by atoms with Crippen molar-refractivity contribution in [3.63, 3.8) is 0 Å². The van der Waals surface area contributed by atoms with Gasteiger partial charge in [-0.1, -0.05) is 154 Å². The lowest BCUT2D eigenvalue weighted by Gasteiger charge is -2.30. The molecule has 0 saturated heterocycles. The Morgan fingerprint density at radius 1 is 0.732 bits per heavy atom. The topological polar surface area (TPSA) is 8.17 Å². The van der Waals surface area contributed by atoms with Gasteiger partial charge in [0, 0.05) is 38.3 Å². The number of rotatable bonds is 7. The fourth-order valence-electron chi connectivity index (χ4n) is 9.85. The van der Waals surface area contributed by atoms with E-state index in [-0.39, 0.29) is 11.5 Å². The van der Waals surface area contributed by atoms with Crippen LogP contribution in [-0.4, -0.2) is 4.57 Å². The van der Waals surface area contributed by atoms with E-state index in [0.29, 0.717) is 0 Å². The maximum atomic E-state index is 4.32.